The summed E-state index contributed by atoms with van der Waals surface area (Å²) in [7, 11) is 1.76. The standard InChI is InChI=1S/C17H18F3N/c1-11-6-7-14(18)8-13(11)10-15(21-2)9-12-4-3-5-16(19)17(12)20/h3-8,15,21H,9-10H2,1-2H3. The minimum absolute atomic E-state index is 0.0956. The van der Waals surface area contributed by atoms with Gasteiger partial charge in [0.1, 0.15) is 5.82 Å². The van der Waals surface area contributed by atoms with E-state index in [1.807, 2.05) is 6.92 Å². The molecule has 21 heavy (non-hydrogen) atoms. The lowest BCUT2D eigenvalue weighted by Gasteiger charge is -2.18. The van der Waals surface area contributed by atoms with Crippen LogP contribution in [0.25, 0.3) is 0 Å². The first-order chi connectivity index (χ1) is 10.0. The van der Waals surface area contributed by atoms with Gasteiger partial charge in [0, 0.05) is 6.04 Å². The van der Waals surface area contributed by atoms with Crippen molar-refractivity contribution in [2.45, 2.75) is 25.8 Å². The van der Waals surface area contributed by atoms with Crippen molar-refractivity contribution in [2.75, 3.05) is 7.05 Å². The van der Waals surface area contributed by atoms with E-state index < -0.39 is 11.6 Å². The Bertz CT molecular complexity index is 621. The van der Waals surface area contributed by atoms with Gasteiger partial charge in [0.05, 0.1) is 0 Å². The fourth-order valence-electron chi connectivity index (χ4n) is 2.37. The summed E-state index contributed by atoms with van der Waals surface area (Å²) in [5.41, 5.74) is 2.17. The lowest BCUT2D eigenvalue weighted by atomic mass is 9.96. The van der Waals surface area contributed by atoms with Crippen LogP contribution in [0.1, 0.15) is 16.7 Å². The molecular weight excluding hydrogens is 275 g/mol. The number of halogens is 3. The van der Waals surface area contributed by atoms with Crippen molar-refractivity contribution < 1.29 is 13.2 Å². The average molecular weight is 293 g/mol. The molecule has 0 aromatic heterocycles. The van der Waals surface area contributed by atoms with Gasteiger partial charge in [-0.3, -0.25) is 0 Å². The maximum Gasteiger partial charge on any atom is 0.162 e. The molecule has 2 aromatic rings. The van der Waals surface area contributed by atoms with Gasteiger partial charge >= 0.3 is 0 Å². The van der Waals surface area contributed by atoms with Crippen LogP contribution in [0.4, 0.5) is 13.2 Å². The first kappa shape index (κ1) is 15.6. The maximum absolute atomic E-state index is 13.7. The number of hydrogen-bond donors (Lipinski definition) is 1. The molecule has 0 aliphatic carbocycles. The molecule has 112 valence electrons. The molecule has 0 bridgehead atoms. The summed E-state index contributed by atoms with van der Waals surface area (Å²) in [6.45, 7) is 1.91. The molecule has 1 N–H and O–H groups in total. The first-order valence-electron chi connectivity index (χ1n) is 6.86. The van der Waals surface area contributed by atoms with Crippen LogP contribution in [0.5, 0.6) is 0 Å². The zero-order valence-corrected chi connectivity index (χ0v) is 12.1. The summed E-state index contributed by atoms with van der Waals surface area (Å²) in [5.74, 6) is -1.94. The van der Waals surface area contributed by atoms with Crippen molar-refractivity contribution in [1.82, 2.24) is 5.32 Å². The number of hydrogen-bond acceptors (Lipinski definition) is 1. The van der Waals surface area contributed by atoms with Crippen molar-refractivity contribution in [3.05, 3.63) is 70.5 Å². The van der Waals surface area contributed by atoms with Crippen LogP contribution in [0.2, 0.25) is 0 Å². The molecule has 0 fully saturated rings. The number of aryl methyl sites for hydroxylation is 1. The molecular formula is C17H18F3N. The molecule has 0 amide bonds. The van der Waals surface area contributed by atoms with Crippen molar-refractivity contribution in [1.29, 1.82) is 0 Å². The minimum atomic E-state index is -0.843. The Morgan fingerprint density at radius 2 is 1.71 bits per heavy atom. The molecule has 4 heteroatoms. The van der Waals surface area contributed by atoms with Gasteiger partial charge < -0.3 is 5.32 Å². The third-order valence-corrected chi connectivity index (χ3v) is 3.68. The van der Waals surface area contributed by atoms with Crippen LogP contribution in [0.15, 0.2) is 36.4 Å². The van der Waals surface area contributed by atoms with E-state index in [1.165, 1.54) is 18.2 Å². The molecule has 2 rings (SSSR count). The summed E-state index contributed by atoms with van der Waals surface area (Å²) >= 11 is 0. The van der Waals surface area contributed by atoms with Gasteiger partial charge in [0.15, 0.2) is 11.6 Å². The Morgan fingerprint density at radius 1 is 1.00 bits per heavy atom. The number of likely N-dealkylation sites (N-methyl/N-ethyl adjacent to an activating group) is 1. The Hall–Kier alpha value is -1.81. The van der Waals surface area contributed by atoms with Gasteiger partial charge in [-0.25, -0.2) is 13.2 Å². The normalized spacial score (nSPS) is 12.4. The highest BCUT2D eigenvalue weighted by molar-refractivity contribution is 5.28. The SMILES string of the molecule is CNC(Cc1cc(F)ccc1C)Cc1cccc(F)c1F. The molecule has 0 radical (unpaired) electrons. The Morgan fingerprint density at radius 3 is 2.43 bits per heavy atom. The highest BCUT2D eigenvalue weighted by Crippen LogP contribution is 2.17. The second-order valence-electron chi connectivity index (χ2n) is 5.18. The summed E-state index contributed by atoms with van der Waals surface area (Å²) in [6.07, 6.45) is 0.895. The third-order valence-electron chi connectivity index (χ3n) is 3.68. The van der Waals surface area contributed by atoms with E-state index in [2.05, 4.69) is 5.32 Å². The van der Waals surface area contributed by atoms with E-state index in [-0.39, 0.29) is 11.9 Å². The predicted octanol–water partition coefficient (Wildman–Crippen LogP) is 3.79. The van der Waals surface area contributed by atoms with Gasteiger partial charge in [-0.05, 0) is 61.7 Å². The number of nitrogens with one attached hydrogen (secondary N) is 1. The summed E-state index contributed by atoms with van der Waals surface area (Å²) in [6, 6.07) is 8.70. The lowest BCUT2D eigenvalue weighted by molar-refractivity contribution is 0.481. The molecule has 1 nitrogen and oxygen atoms in total. The summed E-state index contributed by atoms with van der Waals surface area (Å²) in [4.78, 5) is 0. The van der Waals surface area contributed by atoms with Crippen LogP contribution in [-0.4, -0.2) is 13.1 Å². The van der Waals surface area contributed by atoms with E-state index in [0.717, 1.165) is 17.2 Å². The predicted molar refractivity (Wildman–Crippen MR) is 77.8 cm³/mol. The van der Waals surface area contributed by atoms with E-state index in [0.29, 0.717) is 18.4 Å². The van der Waals surface area contributed by atoms with Gasteiger partial charge in [-0.15, -0.1) is 0 Å². The molecule has 0 saturated carbocycles. The zero-order valence-electron chi connectivity index (χ0n) is 12.1. The minimum Gasteiger partial charge on any atom is -0.316 e. The molecule has 0 saturated heterocycles. The van der Waals surface area contributed by atoms with Crippen molar-refractivity contribution >= 4 is 0 Å². The lowest BCUT2D eigenvalue weighted by Crippen LogP contribution is -2.30. The van der Waals surface area contributed by atoms with Gasteiger partial charge in [-0.2, -0.15) is 0 Å². The van der Waals surface area contributed by atoms with Crippen LogP contribution in [0, 0.1) is 24.4 Å². The largest absolute Gasteiger partial charge is 0.316 e. The molecule has 1 atom stereocenters. The summed E-state index contributed by atoms with van der Waals surface area (Å²) in [5, 5.41) is 3.08. The number of benzene rings is 2. The quantitative estimate of drug-likeness (QED) is 0.884. The average Bonchev–Trinajstić information content (AvgIpc) is 2.46. The Labute approximate surface area is 122 Å². The maximum atomic E-state index is 13.7. The molecule has 1 unspecified atom stereocenters. The van der Waals surface area contributed by atoms with Crippen LogP contribution < -0.4 is 5.32 Å². The van der Waals surface area contributed by atoms with E-state index >= 15 is 0 Å². The Balaban J connectivity index is 2.17. The van der Waals surface area contributed by atoms with Crippen molar-refractivity contribution in [2.24, 2.45) is 0 Å². The van der Waals surface area contributed by atoms with Crippen LogP contribution in [0.3, 0.4) is 0 Å². The molecule has 0 spiro atoms. The topological polar surface area (TPSA) is 12.0 Å². The highest BCUT2D eigenvalue weighted by Gasteiger charge is 2.15. The second kappa shape index (κ2) is 6.76. The van der Waals surface area contributed by atoms with Crippen LogP contribution in [-0.2, 0) is 12.8 Å². The number of rotatable bonds is 5. The fraction of sp³-hybridized carbons (Fsp3) is 0.294. The zero-order chi connectivity index (χ0) is 15.4. The third kappa shape index (κ3) is 3.85. The fourth-order valence-corrected chi connectivity index (χ4v) is 2.37. The van der Waals surface area contributed by atoms with E-state index in [9.17, 15) is 13.2 Å². The Kier molecular flexibility index (Phi) is 5.02. The van der Waals surface area contributed by atoms with Crippen LogP contribution >= 0.6 is 0 Å². The van der Waals surface area contributed by atoms with Gasteiger partial charge in [-0.1, -0.05) is 18.2 Å². The van der Waals surface area contributed by atoms with Crippen molar-refractivity contribution in [3.63, 3.8) is 0 Å². The molecule has 0 aliphatic rings. The first-order valence-corrected chi connectivity index (χ1v) is 6.86. The van der Waals surface area contributed by atoms with Gasteiger partial charge in [0.25, 0.3) is 0 Å². The van der Waals surface area contributed by atoms with Crippen molar-refractivity contribution in [3.8, 4) is 0 Å². The molecule has 2 aromatic carbocycles. The summed E-state index contributed by atoms with van der Waals surface area (Å²) < 4.78 is 40.3. The molecule has 0 aliphatic heterocycles. The van der Waals surface area contributed by atoms with E-state index in [1.54, 1.807) is 19.2 Å². The smallest absolute Gasteiger partial charge is 0.162 e. The second-order valence-corrected chi connectivity index (χ2v) is 5.18. The van der Waals surface area contributed by atoms with Gasteiger partial charge in [0.2, 0.25) is 0 Å². The molecule has 0 heterocycles. The highest BCUT2D eigenvalue weighted by atomic mass is 19.2. The van der Waals surface area contributed by atoms with E-state index in [4.69, 9.17) is 0 Å². The monoisotopic (exact) mass is 293 g/mol.